The van der Waals surface area contributed by atoms with Crippen LogP contribution in [0.2, 0.25) is 0 Å². The summed E-state index contributed by atoms with van der Waals surface area (Å²) in [4.78, 5) is 50.8. The lowest BCUT2D eigenvalue weighted by Crippen LogP contribution is -2.44. The van der Waals surface area contributed by atoms with Gasteiger partial charge in [0, 0.05) is 13.5 Å². The number of hydrogen-bond acceptors (Lipinski definition) is 7. The first-order valence-electron chi connectivity index (χ1n) is 9.92. The molecule has 2 rings (SSSR count). The van der Waals surface area contributed by atoms with Crippen LogP contribution < -0.4 is 16.2 Å². The van der Waals surface area contributed by atoms with Crippen LogP contribution >= 0.6 is 0 Å². The fourth-order valence-corrected chi connectivity index (χ4v) is 2.75. The fourth-order valence-electron chi connectivity index (χ4n) is 2.75. The van der Waals surface area contributed by atoms with Crippen molar-refractivity contribution in [3.63, 3.8) is 0 Å². The second kappa shape index (κ2) is 11.9. The molecule has 12 heteroatoms. The van der Waals surface area contributed by atoms with Crippen molar-refractivity contribution in [2.75, 3.05) is 13.7 Å². The summed E-state index contributed by atoms with van der Waals surface area (Å²) in [5, 5.41) is 17.9. The molecule has 0 heterocycles. The first-order valence-corrected chi connectivity index (χ1v) is 9.92. The number of nitrogens with two attached hydrogens (primary N) is 2. The normalized spacial score (nSPS) is 11.1. The van der Waals surface area contributed by atoms with Gasteiger partial charge < -0.3 is 31.2 Å². The van der Waals surface area contributed by atoms with Crippen molar-refractivity contribution in [3.8, 4) is 5.75 Å². The second-order valence-corrected chi connectivity index (χ2v) is 7.04. The Morgan fingerprint density at radius 2 is 1.62 bits per heavy atom. The predicted octanol–water partition coefficient (Wildman–Crippen LogP) is 1.35. The minimum absolute atomic E-state index is 0.0656. The number of ether oxygens (including phenoxy) is 2. The van der Waals surface area contributed by atoms with Crippen LogP contribution in [0.15, 0.2) is 53.5 Å². The lowest BCUT2D eigenvalue weighted by Gasteiger charge is -2.22. The van der Waals surface area contributed by atoms with Gasteiger partial charge in [-0.05, 0) is 42.0 Å². The Hall–Kier alpha value is -4.61. The van der Waals surface area contributed by atoms with E-state index in [2.05, 4.69) is 4.99 Å². The molecule has 0 aliphatic rings. The van der Waals surface area contributed by atoms with Crippen molar-refractivity contribution in [1.82, 2.24) is 4.90 Å². The lowest BCUT2D eigenvalue weighted by atomic mass is 10.1. The van der Waals surface area contributed by atoms with Crippen molar-refractivity contribution >= 4 is 35.6 Å². The highest BCUT2D eigenvalue weighted by Gasteiger charge is 2.29. The van der Waals surface area contributed by atoms with E-state index in [9.17, 15) is 19.2 Å². The van der Waals surface area contributed by atoms with Crippen LogP contribution in [0.4, 0.5) is 10.5 Å². The Labute approximate surface area is 194 Å². The monoisotopic (exact) mass is 472 g/mol. The van der Waals surface area contributed by atoms with Crippen LogP contribution in [0, 0.1) is 0 Å². The molecule has 0 aromatic heterocycles. The number of carboxylic acids is 2. The molecule has 0 unspecified atom stereocenters. The molecule has 0 aliphatic heterocycles. The number of nitrogens with zero attached hydrogens (tertiary/aromatic N) is 2. The van der Waals surface area contributed by atoms with Crippen LogP contribution in [0.25, 0.3) is 0 Å². The lowest BCUT2D eigenvalue weighted by molar-refractivity contribution is -0.148. The maximum atomic E-state index is 12.3. The van der Waals surface area contributed by atoms with E-state index in [1.54, 1.807) is 36.4 Å². The zero-order chi connectivity index (χ0) is 25.3. The van der Waals surface area contributed by atoms with Crippen molar-refractivity contribution in [2.45, 2.75) is 18.9 Å². The Kier molecular flexibility index (Phi) is 8.94. The molecule has 0 bridgehead atoms. The molecule has 0 aliphatic carbocycles. The molecule has 0 fully saturated rings. The number of carboxylic acid groups (broad SMARTS) is 2. The number of likely N-dealkylation sites (N-methyl/N-ethyl adjacent to an activating group) is 1. The van der Waals surface area contributed by atoms with Gasteiger partial charge in [0.05, 0.1) is 24.3 Å². The molecule has 180 valence electrons. The Morgan fingerprint density at radius 1 is 1.00 bits per heavy atom. The van der Waals surface area contributed by atoms with Gasteiger partial charge >= 0.3 is 24.0 Å². The van der Waals surface area contributed by atoms with Crippen molar-refractivity contribution in [3.05, 3.63) is 59.7 Å². The molecule has 12 nitrogen and oxygen atoms in total. The van der Waals surface area contributed by atoms with E-state index in [0.717, 1.165) is 17.5 Å². The number of guanidine groups is 1. The Bertz CT molecular complexity index is 1060. The zero-order valence-electron chi connectivity index (χ0n) is 18.2. The second-order valence-electron chi connectivity index (χ2n) is 7.04. The highest BCUT2D eigenvalue weighted by atomic mass is 16.6. The van der Waals surface area contributed by atoms with Crippen LogP contribution in [-0.2, 0) is 20.7 Å². The molecule has 34 heavy (non-hydrogen) atoms. The van der Waals surface area contributed by atoms with E-state index >= 15 is 0 Å². The van der Waals surface area contributed by atoms with Gasteiger partial charge in [-0.15, -0.1) is 0 Å². The Balaban J connectivity index is 1.86. The summed E-state index contributed by atoms with van der Waals surface area (Å²) < 4.78 is 10.3. The molecule has 0 saturated carbocycles. The van der Waals surface area contributed by atoms with Crippen LogP contribution in [0.3, 0.4) is 0 Å². The van der Waals surface area contributed by atoms with Crippen molar-refractivity contribution in [1.29, 1.82) is 0 Å². The van der Waals surface area contributed by atoms with Gasteiger partial charge in [0.25, 0.3) is 0 Å². The summed E-state index contributed by atoms with van der Waals surface area (Å²) >= 11 is 0. The minimum Gasteiger partial charge on any atom is -0.481 e. The molecule has 0 spiro atoms. The third-order valence-corrected chi connectivity index (χ3v) is 4.52. The van der Waals surface area contributed by atoms with E-state index in [1.807, 2.05) is 0 Å². The van der Waals surface area contributed by atoms with Gasteiger partial charge in [-0.3, -0.25) is 9.69 Å². The number of aliphatic imine (C=N–C) groups is 1. The summed E-state index contributed by atoms with van der Waals surface area (Å²) in [7, 11) is 1.15. The summed E-state index contributed by atoms with van der Waals surface area (Å²) in [6.07, 6.45) is -1.40. The highest BCUT2D eigenvalue weighted by molar-refractivity contribution is 5.91. The van der Waals surface area contributed by atoms with Crippen LogP contribution in [0.1, 0.15) is 22.3 Å². The SMILES string of the molecule is CN(C(=O)OCCc1ccc(OC(=O)c2ccc(N=C(N)N)cc2)cc1)[C@@H](CC(=O)O)C(=O)O. The van der Waals surface area contributed by atoms with Gasteiger partial charge in [0.15, 0.2) is 5.96 Å². The number of amides is 1. The quantitative estimate of drug-likeness (QED) is 0.170. The number of hydrogen-bond donors (Lipinski definition) is 4. The van der Waals surface area contributed by atoms with E-state index in [4.69, 9.17) is 31.2 Å². The Morgan fingerprint density at radius 3 is 2.15 bits per heavy atom. The third-order valence-electron chi connectivity index (χ3n) is 4.52. The van der Waals surface area contributed by atoms with Gasteiger partial charge in [-0.2, -0.15) is 0 Å². The number of carbonyl (C=O) groups is 4. The highest BCUT2D eigenvalue weighted by Crippen LogP contribution is 2.17. The predicted molar refractivity (Wildman–Crippen MR) is 120 cm³/mol. The van der Waals surface area contributed by atoms with Crippen molar-refractivity contribution in [2.24, 2.45) is 16.5 Å². The van der Waals surface area contributed by atoms with Gasteiger partial charge in [0.1, 0.15) is 11.8 Å². The number of benzene rings is 2. The number of aliphatic carboxylic acids is 2. The molecule has 6 N–H and O–H groups in total. The van der Waals surface area contributed by atoms with E-state index < -0.39 is 36.5 Å². The maximum absolute atomic E-state index is 12.3. The molecule has 1 atom stereocenters. The maximum Gasteiger partial charge on any atom is 0.410 e. The summed E-state index contributed by atoms with van der Waals surface area (Å²) in [6.45, 7) is -0.0656. The smallest absolute Gasteiger partial charge is 0.410 e. The van der Waals surface area contributed by atoms with Gasteiger partial charge in [-0.25, -0.2) is 19.4 Å². The van der Waals surface area contributed by atoms with Gasteiger partial charge in [0.2, 0.25) is 0 Å². The summed E-state index contributed by atoms with van der Waals surface area (Å²) in [6, 6.07) is 11.1. The molecule has 0 saturated heterocycles. The largest absolute Gasteiger partial charge is 0.481 e. The standard InChI is InChI=1S/C22H24N4O8/c1-26(17(19(29)30)12-18(27)28)22(32)33-11-10-13-2-8-16(9-3-13)34-20(31)14-4-6-15(7-5-14)25-21(23)24/h2-9,17H,10-12H2,1H3,(H,27,28)(H,29,30)(H4,23,24,25)/t17-/m0/s1. The average molecular weight is 472 g/mol. The van der Waals surface area contributed by atoms with Gasteiger partial charge in [-0.1, -0.05) is 12.1 Å². The minimum atomic E-state index is -1.54. The fraction of sp³-hybridized carbons (Fsp3) is 0.227. The zero-order valence-corrected chi connectivity index (χ0v) is 18.2. The van der Waals surface area contributed by atoms with Crippen LogP contribution in [0.5, 0.6) is 5.75 Å². The number of carbonyl (C=O) groups excluding carboxylic acids is 2. The number of rotatable bonds is 10. The number of esters is 1. The first kappa shape index (κ1) is 25.6. The van der Waals surface area contributed by atoms with E-state index in [1.165, 1.54) is 12.1 Å². The topological polar surface area (TPSA) is 195 Å². The van der Waals surface area contributed by atoms with Crippen LogP contribution in [-0.4, -0.2) is 64.8 Å². The molecule has 2 aromatic rings. The van der Waals surface area contributed by atoms with E-state index in [0.29, 0.717) is 23.4 Å². The molecular formula is C22H24N4O8. The summed E-state index contributed by atoms with van der Waals surface area (Å²) in [5.41, 5.74) is 12.2. The molecule has 1 amide bonds. The molecule has 2 aromatic carbocycles. The average Bonchev–Trinajstić information content (AvgIpc) is 2.77. The first-order chi connectivity index (χ1) is 16.1. The summed E-state index contributed by atoms with van der Waals surface area (Å²) in [5.74, 6) is -3.17. The molecule has 0 radical (unpaired) electrons. The van der Waals surface area contributed by atoms with Crippen molar-refractivity contribution < 1.29 is 38.9 Å². The molecular weight excluding hydrogens is 448 g/mol. The third kappa shape index (κ3) is 7.82. The van der Waals surface area contributed by atoms with E-state index in [-0.39, 0.29) is 12.6 Å².